The van der Waals surface area contributed by atoms with Crippen molar-refractivity contribution < 1.29 is 4.39 Å². The second kappa shape index (κ2) is 4.06. The summed E-state index contributed by atoms with van der Waals surface area (Å²) in [7, 11) is 0. The molecule has 1 heterocycles. The standard InChI is InChI=1S/C10H9ClFN3/c1-2-6-7(9-5-13-15-14-9)3-4-8(11)10(6)12/h3-5,9H,2H2,1H3. The largest absolute Gasteiger partial charge is 0.205 e. The molecule has 1 aromatic carbocycles. The lowest BCUT2D eigenvalue weighted by atomic mass is 9.99. The van der Waals surface area contributed by atoms with Crippen molar-refractivity contribution in [2.24, 2.45) is 15.4 Å². The van der Waals surface area contributed by atoms with E-state index in [4.69, 9.17) is 11.6 Å². The molecule has 0 radical (unpaired) electrons. The van der Waals surface area contributed by atoms with Crippen molar-refractivity contribution in [3.63, 3.8) is 0 Å². The molecule has 1 unspecified atom stereocenters. The van der Waals surface area contributed by atoms with Gasteiger partial charge in [0.1, 0.15) is 11.9 Å². The molecule has 15 heavy (non-hydrogen) atoms. The van der Waals surface area contributed by atoms with Crippen LogP contribution in [0.25, 0.3) is 0 Å². The van der Waals surface area contributed by atoms with Crippen molar-refractivity contribution in [1.82, 2.24) is 0 Å². The zero-order valence-corrected chi connectivity index (χ0v) is 8.87. The van der Waals surface area contributed by atoms with E-state index in [-0.39, 0.29) is 16.9 Å². The molecule has 1 aliphatic rings. The molecule has 0 saturated heterocycles. The van der Waals surface area contributed by atoms with E-state index in [2.05, 4.69) is 15.4 Å². The van der Waals surface area contributed by atoms with E-state index in [9.17, 15) is 4.39 Å². The van der Waals surface area contributed by atoms with E-state index in [1.54, 1.807) is 12.3 Å². The first-order valence-corrected chi connectivity index (χ1v) is 5.02. The van der Waals surface area contributed by atoms with E-state index >= 15 is 0 Å². The van der Waals surface area contributed by atoms with E-state index in [0.717, 1.165) is 5.56 Å². The van der Waals surface area contributed by atoms with Crippen molar-refractivity contribution in [2.45, 2.75) is 19.4 Å². The second-order valence-corrected chi connectivity index (χ2v) is 3.60. The maximum atomic E-state index is 13.7. The van der Waals surface area contributed by atoms with Crippen LogP contribution in [0.3, 0.4) is 0 Å². The van der Waals surface area contributed by atoms with Crippen LogP contribution in [0.5, 0.6) is 0 Å². The van der Waals surface area contributed by atoms with Gasteiger partial charge < -0.3 is 0 Å². The summed E-state index contributed by atoms with van der Waals surface area (Å²) < 4.78 is 13.7. The number of hydrogen-bond acceptors (Lipinski definition) is 3. The first kappa shape index (κ1) is 10.2. The summed E-state index contributed by atoms with van der Waals surface area (Å²) in [6.45, 7) is 1.88. The fourth-order valence-electron chi connectivity index (χ4n) is 1.59. The molecule has 0 aromatic heterocycles. The molecule has 3 nitrogen and oxygen atoms in total. The van der Waals surface area contributed by atoms with Gasteiger partial charge in [0.15, 0.2) is 0 Å². The quantitative estimate of drug-likeness (QED) is 0.739. The van der Waals surface area contributed by atoms with E-state index in [0.29, 0.717) is 12.0 Å². The molecule has 0 N–H and O–H groups in total. The van der Waals surface area contributed by atoms with Crippen LogP contribution in [0.2, 0.25) is 5.02 Å². The lowest BCUT2D eigenvalue weighted by molar-refractivity contribution is 0.608. The summed E-state index contributed by atoms with van der Waals surface area (Å²) in [4.78, 5) is 0. The van der Waals surface area contributed by atoms with Crippen molar-refractivity contribution in [2.75, 3.05) is 0 Å². The Balaban J connectivity index is 2.51. The molecule has 1 aliphatic heterocycles. The van der Waals surface area contributed by atoms with Crippen LogP contribution in [0.1, 0.15) is 24.1 Å². The smallest absolute Gasteiger partial charge is 0.145 e. The summed E-state index contributed by atoms with van der Waals surface area (Å²) in [5.41, 5.74) is 1.37. The highest BCUT2D eigenvalue weighted by Crippen LogP contribution is 2.29. The second-order valence-electron chi connectivity index (χ2n) is 3.20. The van der Waals surface area contributed by atoms with Gasteiger partial charge in [-0.3, -0.25) is 0 Å². The van der Waals surface area contributed by atoms with Gasteiger partial charge in [0.25, 0.3) is 0 Å². The van der Waals surface area contributed by atoms with Crippen LogP contribution >= 0.6 is 11.6 Å². The van der Waals surface area contributed by atoms with E-state index in [1.807, 2.05) is 6.92 Å². The highest BCUT2D eigenvalue weighted by molar-refractivity contribution is 6.30. The predicted molar refractivity (Wildman–Crippen MR) is 56.9 cm³/mol. The Morgan fingerprint density at radius 1 is 1.47 bits per heavy atom. The first-order valence-electron chi connectivity index (χ1n) is 4.64. The Hall–Kier alpha value is -1.29. The van der Waals surface area contributed by atoms with E-state index < -0.39 is 0 Å². The zero-order valence-electron chi connectivity index (χ0n) is 8.11. The SMILES string of the molecule is CCc1c(C2C=NN=N2)ccc(Cl)c1F. The Morgan fingerprint density at radius 3 is 2.87 bits per heavy atom. The molecule has 5 heteroatoms. The molecular weight excluding hydrogens is 217 g/mol. The summed E-state index contributed by atoms with van der Waals surface area (Å²) >= 11 is 5.71. The lowest BCUT2D eigenvalue weighted by Crippen LogP contribution is -2.02. The molecule has 78 valence electrons. The van der Waals surface area contributed by atoms with Gasteiger partial charge in [-0.15, -0.1) is 5.10 Å². The molecule has 0 bridgehead atoms. The Bertz CT molecular complexity index is 431. The van der Waals surface area contributed by atoms with Crippen molar-refractivity contribution in [1.29, 1.82) is 0 Å². The molecule has 2 rings (SSSR count). The minimum Gasteiger partial charge on any atom is -0.205 e. The molecule has 0 fully saturated rings. The maximum absolute atomic E-state index is 13.7. The van der Waals surface area contributed by atoms with Gasteiger partial charge in [0.05, 0.1) is 11.2 Å². The molecule has 0 saturated carbocycles. The van der Waals surface area contributed by atoms with Crippen LogP contribution in [-0.2, 0) is 6.42 Å². The average molecular weight is 226 g/mol. The molecular formula is C10H9ClFN3. The topological polar surface area (TPSA) is 37.1 Å². The van der Waals surface area contributed by atoms with Crippen LogP contribution in [-0.4, -0.2) is 6.21 Å². The zero-order chi connectivity index (χ0) is 10.8. The van der Waals surface area contributed by atoms with Crippen LogP contribution in [0.15, 0.2) is 27.6 Å². The van der Waals surface area contributed by atoms with Gasteiger partial charge in [-0.2, -0.15) is 5.11 Å². The molecule has 0 spiro atoms. The minimum absolute atomic E-state index is 0.141. The van der Waals surface area contributed by atoms with Gasteiger partial charge in [-0.25, -0.2) is 4.39 Å². The highest BCUT2D eigenvalue weighted by atomic mass is 35.5. The molecule has 0 aliphatic carbocycles. The average Bonchev–Trinajstić information content (AvgIpc) is 2.75. The first-order chi connectivity index (χ1) is 7.24. The summed E-state index contributed by atoms with van der Waals surface area (Å²) in [6, 6.07) is 3.03. The fraction of sp³-hybridized carbons (Fsp3) is 0.300. The minimum atomic E-state index is -0.368. The van der Waals surface area contributed by atoms with Gasteiger partial charge in [-0.05, 0) is 28.8 Å². The highest BCUT2D eigenvalue weighted by Gasteiger charge is 2.18. The van der Waals surface area contributed by atoms with Crippen LogP contribution in [0, 0.1) is 5.82 Å². The predicted octanol–water partition coefficient (Wildman–Crippen LogP) is 3.53. The Kier molecular flexibility index (Phi) is 2.77. The number of hydrogen-bond donors (Lipinski definition) is 0. The number of benzene rings is 1. The third-order valence-electron chi connectivity index (χ3n) is 2.34. The van der Waals surface area contributed by atoms with Crippen LogP contribution < -0.4 is 0 Å². The number of nitrogens with zero attached hydrogens (tertiary/aromatic N) is 3. The van der Waals surface area contributed by atoms with Gasteiger partial charge in [-0.1, -0.05) is 24.6 Å². The lowest BCUT2D eigenvalue weighted by Gasteiger charge is -2.11. The summed E-state index contributed by atoms with van der Waals surface area (Å²) in [5, 5.41) is 11.2. The van der Waals surface area contributed by atoms with E-state index in [1.165, 1.54) is 6.07 Å². The molecule has 1 atom stereocenters. The Labute approximate surface area is 91.7 Å². The van der Waals surface area contributed by atoms with Crippen molar-refractivity contribution in [3.05, 3.63) is 34.1 Å². The monoisotopic (exact) mass is 225 g/mol. The number of rotatable bonds is 2. The van der Waals surface area contributed by atoms with Crippen LogP contribution in [0.4, 0.5) is 4.39 Å². The summed E-state index contributed by atoms with van der Waals surface area (Å²) in [5.74, 6) is -0.368. The normalized spacial score (nSPS) is 18.7. The van der Waals surface area contributed by atoms with Gasteiger partial charge in [0, 0.05) is 0 Å². The summed E-state index contributed by atoms with van der Waals surface area (Å²) in [6.07, 6.45) is 2.16. The van der Waals surface area contributed by atoms with Crippen molar-refractivity contribution in [3.8, 4) is 0 Å². The third kappa shape index (κ3) is 1.77. The van der Waals surface area contributed by atoms with Crippen molar-refractivity contribution >= 4 is 17.8 Å². The maximum Gasteiger partial charge on any atom is 0.145 e. The van der Waals surface area contributed by atoms with Gasteiger partial charge >= 0.3 is 0 Å². The Morgan fingerprint density at radius 2 is 2.27 bits per heavy atom. The van der Waals surface area contributed by atoms with Gasteiger partial charge in [0.2, 0.25) is 0 Å². The molecule has 0 amide bonds. The molecule has 1 aromatic rings. The number of halogens is 2. The fourth-order valence-corrected chi connectivity index (χ4v) is 1.77. The third-order valence-corrected chi connectivity index (χ3v) is 2.63.